The number of methoxy groups -OCH3 is 1. The number of carbonyl (C=O) groups excluding carboxylic acids is 1. The molecule has 0 aliphatic heterocycles. The zero-order chi connectivity index (χ0) is 22.3. The van der Waals surface area contributed by atoms with Crippen LogP contribution in [0.3, 0.4) is 0 Å². The lowest BCUT2D eigenvalue weighted by Gasteiger charge is -2.21. The Kier molecular flexibility index (Phi) is 4.82. The number of anilines is 1. The third kappa shape index (κ3) is 3.17. The minimum atomic E-state index is -0.547. The van der Waals surface area contributed by atoms with Gasteiger partial charge in [0.2, 0.25) is 5.91 Å². The lowest BCUT2D eigenvalue weighted by atomic mass is 9.94. The number of nitrogens with zero attached hydrogens (tertiary/aromatic N) is 1. The number of pyridine rings is 1. The molecule has 0 unspecified atom stereocenters. The van der Waals surface area contributed by atoms with Crippen molar-refractivity contribution in [1.29, 1.82) is 0 Å². The van der Waals surface area contributed by atoms with Crippen LogP contribution in [-0.4, -0.2) is 17.6 Å². The molecule has 0 atom stereocenters. The van der Waals surface area contributed by atoms with E-state index in [1.165, 1.54) is 4.57 Å². The Hall–Kier alpha value is -3.86. The van der Waals surface area contributed by atoms with Gasteiger partial charge in [0.15, 0.2) is 0 Å². The van der Waals surface area contributed by atoms with E-state index in [-0.39, 0.29) is 11.5 Å². The van der Waals surface area contributed by atoms with Crippen LogP contribution in [0.4, 0.5) is 5.82 Å². The fourth-order valence-electron chi connectivity index (χ4n) is 4.42. The molecular weight excluding hydrogens is 400 g/mol. The number of carbonyl (C=O) groups is 1. The average Bonchev–Trinajstić information content (AvgIpc) is 3.65. The van der Waals surface area contributed by atoms with E-state index in [4.69, 9.17) is 4.74 Å². The molecule has 32 heavy (non-hydrogen) atoms. The Bertz CT molecular complexity index is 1370. The van der Waals surface area contributed by atoms with E-state index in [0.717, 1.165) is 34.9 Å². The number of nitrogens with one attached hydrogen (secondary N) is 1. The summed E-state index contributed by atoms with van der Waals surface area (Å²) in [6.45, 7) is 0. The molecule has 5 nitrogen and oxygen atoms in total. The monoisotopic (exact) mass is 424 g/mol. The molecule has 0 radical (unpaired) electrons. The fourth-order valence-corrected chi connectivity index (χ4v) is 4.42. The van der Waals surface area contributed by atoms with Crippen molar-refractivity contribution in [2.75, 3.05) is 12.4 Å². The third-order valence-corrected chi connectivity index (χ3v) is 6.41. The third-order valence-electron chi connectivity index (χ3n) is 6.41. The maximum absolute atomic E-state index is 13.6. The van der Waals surface area contributed by atoms with Crippen molar-refractivity contribution in [2.24, 2.45) is 7.05 Å². The summed E-state index contributed by atoms with van der Waals surface area (Å²) in [4.78, 5) is 26.8. The highest BCUT2D eigenvalue weighted by atomic mass is 16.5. The van der Waals surface area contributed by atoms with Crippen LogP contribution >= 0.6 is 0 Å². The highest BCUT2D eigenvalue weighted by molar-refractivity contribution is 6.08. The second kappa shape index (κ2) is 7.68. The van der Waals surface area contributed by atoms with Gasteiger partial charge in [-0.1, -0.05) is 60.7 Å². The first-order valence-electron chi connectivity index (χ1n) is 10.7. The zero-order valence-electron chi connectivity index (χ0n) is 18.1. The van der Waals surface area contributed by atoms with Crippen molar-refractivity contribution < 1.29 is 9.53 Å². The maximum atomic E-state index is 13.6. The number of hydrogen-bond acceptors (Lipinski definition) is 3. The van der Waals surface area contributed by atoms with Gasteiger partial charge in [0.05, 0.1) is 12.5 Å². The average molecular weight is 425 g/mol. The van der Waals surface area contributed by atoms with Crippen molar-refractivity contribution in [3.63, 3.8) is 0 Å². The van der Waals surface area contributed by atoms with E-state index in [9.17, 15) is 9.59 Å². The summed E-state index contributed by atoms with van der Waals surface area (Å²) in [5.74, 6) is 1.07. The number of amides is 1. The van der Waals surface area contributed by atoms with Gasteiger partial charge in [-0.2, -0.15) is 0 Å². The molecule has 3 aromatic carbocycles. The Morgan fingerprint density at radius 3 is 2.22 bits per heavy atom. The van der Waals surface area contributed by atoms with Gasteiger partial charge < -0.3 is 10.1 Å². The Morgan fingerprint density at radius 2 is 1.59 bits per heavy atom. The molecule has 0 bridgehead atoms. The van der Waals surface area contributed by atoms with E-state index in [0.29, 0.717) is 17.0 Å². The minimum absolute atomic E-state index is 0.0851. The molecule has 1 amide bonds. The van der Waals surface area contributed by atoms with Gasteiger partial charge in [0.1, 0.15) is 11.6 Å². The number of aromatic nitrogens is 1. The van der Waals surface area contributed by atoms with Gasteiger partial charge >= 0.3 is 0 Å². The van der Waals surface area contributed by atoms with E-state index in [1.807, 2.05) is 66.7 Å². The SMILES string of the molecule is COc1ccc2c(=O)n(C)c(NC(=O)C3(c4ccccc4)CC3)c(-c3ccccc3)c2c1. The van der Waals surface area contributed by atoms with Crippen LogP contribution in [0.25, 0.3) is 21.9 Å². The van der Waals surface area contributed by atoms with Crippen molar-refractivity contribution in [3.05, 3.63) is 94.8 Å². The van der Waals surface area contributed by atoms with Gasteiger partial charge in [-0.3, -0.25) is 14.2 Å². The largest absolute Gasteiger partial charge is 0.497 e. The predicted molar refractivity (Wildman–Crippen MR) is 127 cm³/mol. The maximum Gasteiger partial charge on any atom is 0.259 e. The molecule has 1 saturated carbocycles. The van der Waals surface area contributed by atoms with E-state index in [1.54, 1.807) is 26.3 Å². The van der Waals surface area contributed by atoms with Crippen molar-refractivity contribution in [1.82, 2.24) is 4.57 Å². The summed E-state index contributed by atoms with van der Waals surface area (Å²) in [5, 5.41) is 4.46. The van der Waals surface area contributed by atoms with E-state index in [2.05, 4.69) is 5.32 Å². The van der Waals surface area contributed by atoms with Gasteiger partial charge in [0, 0.05) is 23.4 Å². The smallest absolute Gasteiger partial charge is 0.259 e. The number of ether oxygens (including phenoxy) is 1. The number of rotatable bonds is 5. The van der Waals surface area contributed by atoms with E-state index < -0.39 is 5.41 Å². The van der Waals surface area contributed by atoms with Crippen LogP contribution in [0, 0.1) is 0 Å². The Morgan fingerprint density at radius 1 is 0.938 bits per heavy atom. The normalized spacial score (nSPS) is 14.2. The highest BCUT2D eigenvalue weighted by Crippen LogP contribution is 2.49. The molecule has 1 aliphatic carbocycles. The lowest BCUT2D eigenvalue weighted by molar-refractivity contribution is -0.118. The van der Waals surface area contributed by atoms with E-state index >= 15 is 0 Å². The molecule has 1 fully saturated rings. The van der Waals surface area contributed by atoms with Crippen LogP contribution in [-0.2, 0) is 17.3 Å². The number of hydrogen-bond donors (Lipinski definition) is 1. The molecule has 0 spiro atoms. The summed E-state index contributed by atoms with van der Waals surface area (Å²) in [7, 11) is 3.31. The van der Waals surface area contributed by atoms with Crippen LogP contribution in [0.15, 0.2) is 83.7 Å². The summed E-state index contributed by atoms with van der Waals surface area (Å²) in [6, 6.07) is 25.1. The van der Waals surface area contributed by atoms with Crippen LogP contribution in [0.5, 0.6) is 5.75 Å². The van der Waals surface area contributed by atoms with Crippen LogP contribution in [0.2, 0.25) is 0 Å². The second-order valence-corrected chi connectivity index (χ2v) is 8.27. The second-order valence-electron chi connectivity index (χ2n) is 8.27. The first kappa shape index (κ1) is 20.1. The molecule has 1 N–H and O–H groups in total. The quantitative estimate of drug-likeness (QED) is 0.497. The van der Waals surface area contributed by atoms with Crippen molar-refractivity contribution in [2.45, 2.75) is 18.3 Å². The highest BCUT2D eigenvalue weighted by Gasteiger charge is 2.51. The van der Waals surface area contributed by atoms with Crippen LogP contribution < -0.4 is 15.6 Å². The summed E-state index contributed by atoms with van der Waals surface area (Å²) >= 11 is 0. The molecule has 1 heterocycles. The first-order valence-corrected chi connectivity index (χ1v) is 10.7. The molecule has 160 valence electrons. The predicted octanol–water partition coefficient (Wildman–Crippen LogP) is 4.88. The Balaban J connectivity index is 1.71. The van der Waals surface area contributed by atoms with Gasteiger partial charge in [0.25, 0.3) is 5.56 Å². The van der Waals surface area contributed by atoms with Gasteiger partial charge in [-0.25, -0.2) is 0 Å². The Labute approximate surface area is 186 Å². The number of fused-ring (bicyclic) bond motifs is 1. The molecule has 0 saturated heterocycles. The topological polar surface area (TPSA) is 60.3 Å². The summed E-state index contributed by atoms with van der Waals surface area (Å²) in [6.07, 6.45) is 1.58. The molecule has 5 heteroatoms. The van der Waals surface area contributed by atoms with Gasteiger partial charge in [-0.05, 0) is 42.2 Å². The molecule has 5 rings (SSSR count). The standard InChI is InChI=1S/C27H24N2O3/c1-29-24(28-26(31)27(15-16-27)19-11-7-4-8-12-19)23(18-9-5-3-6-10-18)22-17-20(32-2)13-14-21(22)25(29)30/h3-14,17H,15-16H2,1-2H3,(H,28,31). The van der Waals surface area contributed by atoms with Crippen molar-refractivity contribution in [3.8, 4) is 16.9 Å². The molecular formula is C27H24N2O3. The lowest BCUT2D eigenvalue weighted by Crippen LogP contribution is -2.31. The fraction of sp³-hybridized carbons (Fsp3) is 0.185. The molecule has 1 aromatic heterocycles. The molecule has 1 aliphatic rings. The van der Waals surface area contributed by atoms with Gasteiger partial charge in [-0.15, -0.1) is 0 Å². The van der Waals surface area contributed by atoms with Crippen LogP contribution in [0.1, 0.15) is 18.4 Å². The number of benzene rings is 3. The molecule has 4 aromatic rings. The first-order chi connectivity index (χ1) is 15.5. The zero-order valence-corrected chi connectivity index (χ0v) is 18.1. The summed E-state index contributed by atoms with van der Waals surface area (Å²) < 4.78 is 6.97. The summed E-state index contributed by atoms with van der Waals surface area (Å²) in [5.41, 5.74) is 2.02. The minimum Gasteiger partial charge on any atom is -0.497 e. The van der Waals surface area contributed by atoms with Crippen molar-refractivity contribution >= 4 is 22.5 Å².